The maximum Gasteiger partial charge on any atom is 0.315 e. The SMILES string of the molecule is C.CCNc1nnc(-c2ccc3[nH]ncc3c2)o1.CCNc1nnc(-c2ccc3n[nH]c(Cl)c3c2)o1. The Bertz CT molecular complexity index is 1570. The van der Waals surface area contributed by atoms with Gasteiger partial charge in [0.25, 0.3) is 0 Å². The predicted octanol–water partition coefficient (Wildman–Crippen LogP) is 5.38. The lowest BCUT2D eigenvalue weighted by atomic mass is 10.1. The van der Waals surface area contributed by atoms with Crippen molar-refractivity contribution in [1.82, 2.24) is 40.8 Å². The Morgan fingerprint density at radius 3 is 2.14 bits per heavy atom. The topological polar surface area (TPSA) is 159 Å². The molecule has 6 rings (SSSR count). The van der Waals surface area contributed by atoms with Crippen LogP contribution in [0.25, 0.3) is 44.7 Å². The van der Waals surface area contributed by atoms with Crippen LogP contribution >= 0.6 is 11.6 Å². The van der Waals surface area contributed by atoms with E-state index < -0.39 is 0 Å². The minimum atomic E-state index is 0. The first-order valence-corrected chi connectivity index (χ1v) is 11.2. The molecule has 0 unspecified atom stereocenters. The molecule has 4 aromatic heterocycles. The average Bonchev–Trinajstić information content (AvgIpc) is 3.67. The van der Waals surface area contributed by atoms with E-state index in [1.165, 1.54) is 0 Å². The highest BCUT2D eigenvalue weighted by atomic mass is 35.5. The number of fused-ring (bicyclic) bond motifs is 2. The third-order valence-electron chi connectivity index (χ3n) is 4.95. The molecule has 0 radical (unpaired) electrons. The maximum atomic E-state index is 5.99. The fourth-order valence-corrected chi connectivity index (χ4v) is 3.51. The molecule has 36 heavy (non-hydrogen) atoms. The standard InChI is InChI=1S/C11H10ClN5O.C11H11N5O.CH4/c1-2-13-11-17-16-10(18-11)6-3-4-8-7(5-6)9(12)15-14-8;1-2-12-11-16-15-10(17-11)7-3-4-9-8(5-7)6-13-14-9;/h3-5H,2H2,1H3,(H,13,17)(H,14,15);3-6H,2H2,1H3,(H,12,16)(H,13,14);1H4. The first-order valence-electron chi connectivity index (χ1n) is 10.9. The molecule has 12 nitrogen and oxygen atoms in total. The summed E-state index contributed by atoms with van der Waals surface area (Å²) in [7, 11) is 0. The van der Waals surface area contributed by atoms with E-state index in [2.05, 4.69) is 51.4 Å². The van der Waals surface area contributed by atoms with Crippen LogP contribution in [-0.4, -0.2) is 53.9 Å². The van der Waals surface area contributed by atoms with Crippen molar-refractivity contribution in [3.05, 3.63) is 47.7 Å². The molecule has 2 aromatic carbocycles. The summed E-state index contributed by atoms with van der Waals surface area (Å²) in [6.07, 6.45) is 1.76. The Kier molecular flexibility index (Phi) is 7.44. The van der Waals surface area contributed by atoms with E-state index in [1.54, 1.807) is 6.20 Å². The maximum absolute atomic E-state index is 5.99. The van der Waals surface area contributed by atoms with Gasteiger partial charge < -0.3 is 19.5 Å². The molecule has 13 heteroatoms. The molecular weight excluding hydrogens is 484 g/mol. The lowest BCUT2D eigenvalue weighted by molar-refractivity contribution is 0.582. The molecule has 0 fully saturated rings. The molecule has 0 spiro atoms. The lowest BCUT2D eigenvalue weighted by Gasteiger charge is -1.95. The van der Waals surface area contributed by atoms with E-state index in [0.717, 1.165) is 46.0 Å². The number of rotatable bonds is 6. The third-order valence-corrected chi connectivity index (χ3v) is 5.24. The van der Waals surface area contributed by atoms with Crippen LogP contribution in [0.15, 0.2) is 51.4 Å². The zero-order chi connectivity index (χ0) is 24.2. The molecule has 0 aliphatic rings. The molecule has 4 N–H and O–H groups in total. The molecule has 186 valence electrons. The van der Waals surface area contributed by atoms with E-state index in [1.807, 2.05) is 50.2 Å². The van der Waals surface area contributed by atoms with Gasteiger partial charge in [0.2, 0.25) is 11.8 Å². The zero-order valence-electron chi connectivity index (χ0n) is 18.8. The number of hydrogen-bond donors (Lipinski definition) is 4. The van der Waals surface area contributed by atoms with Gasteiger partial charge in [0.1, 0.15) is 5.15 Å². The van der Waals surface area contributed by atoms with Gasteiger partial charge in [0, 0.05) is 35.0 Å². The Balaban J connectivity index is 0.000000165. The second-order valence-corrected chi connectivity index (χ2v) is 7.70. The van der Waals surface area contributed by atoms with Crippen LogP contribution < -0.4 is 10.6 Å². The van der Waals surface area contributed by atoms with Crippen LogP contribution in [0.4, 0.5) is 12.0 Å². The zero-order valence-corrected chi connectivity index (χ0v) is 19.6. The van der Waals surface area contributed by atoms with Crippen LogP contribution in [0.5, 0.6) is 0 Å². The highest BCUT2D eigenvalue weighted by Crippen LogP contribution is 2.27. The summed E-state index contributed by atoms with van der Waals surface area (Å²) in [4.78, 5) is 0. The van der Waals surface area contributed by atoms with Gasteiger partial charge in [-0.25, -0.2) is 0 Å². The fraction of sp³-hybridized carbons (Fsp3) is 0.217. The number of aromatic nitrogens is 8. The van der Waals surface area contributed by atoms with Crippen molar-refractivity contribution in [1.29, 1.82) is 0 Å². The van der Waals surface area contributed by atoms with Crippen molar-refractivity contribution in [2.45, 2.75) is 21.3 Å². The first-order chi connectivity index (χ1) is 17.1. The minimum Gasteiger partial charge on any atom is -0.403 e. The van der Waals surface area contributed by atoms with Gasteiger partial charge in [-0.05, 0) is 50.2 Å². The summed E-state index contributed by atoms with van der Waals surface area (Å²) in [6, 6.07) is 12.2. The number of nitrogens with zero attached hydrogens (tertiary/aromatic N) is 6. The van der Waals surface area contributed by atoms with Crippen molar-refractivity contribution in [3.8, 4) is 22.9 Å². The highest BCUT2D eigenvalue weighted by molar-refractivity contribution is 6.34. The molecule has 0 bridgehead atoms. The predicted molar refractivity (Wildman–Crippen MR) is 139 cm³/mol. The van der Waals surface area contributed by atoms with E-state index in [-0.39, 0.29) is 7.43 Å². The molecule has 0 atom stereocenters. The molecule has 0 saturated heterocycles. The summed E-state index contributed by atoms with van der Waals surface area (Å²) in [5.41, 5.74) is 3.48. The monoisotopic (exact) mass is 508 g/mol. The second kappa shape index (κ2) is 10.9. The van der Waals surface area contributed by atoms with Crippen molar-refractivity contribution in [3.63, 3.8) is 0 Å². The van der Waals surface area contributed by atoms with Crippen LogP contribution in [0.2, 0.25) is 5.15 Å². The van der Waals surface area contributed by atoms with Crippen LogP contribution in [0.3, 0.4) is 0 Å². The Labute approximate surface area is 210 Å². The number of benzene rings is 2. The summed E-state index contributed by atoms with van der Waals surface area (Å²) in [6.45, 7) is 5.42. The molecule has 0 aliphatic heterocycles. The average molecular weight is 509 g/mol. The van der Waals surface area contributed by atoms with Gasteiger partial charge >= 0.3 is 12.0 Å². The normalized spacial score (nSPS) is 10.6. The third kappa shape index (κ3) is 5.13. The number of halogens is 1. The number of hydrogen-bond acceptors (Lipinski definition) is 10. The molecular formula is C23H25ClN10O2. The van der Waals surface area contributed by atoms with Gasteiger partial charge in [-0.2, -0.15) is 10.2 Å². The Morgan fingerprint density at radius 1 is 0.833 bits per heavy atom. The lowest BCUT2D eigenvalue weighted by Crippen LogP contribution is -1.95. The van der Waals surface area contributed by atoms with Crippen molar-refractivity contribution in [2.75, 3.05) is 23.7 Å². The fourth-order valence-electron chi connectivity index (χ4n) is 3.31. The van der Waals surface area contributed by atoms with E-state index >= 15 is 0 Å². The number of nitrogens with one attached hydrogen (secondary N) is 4. The van der Waals surface area contributed by atoms with Crippen LogP contribution in [0.1, 0.15) is 21.3 Å². The molecule has 0 amide bonds. The molecule has 0 saturated carbocycles. The molecule has 0 aliphatic carbocycles. The summed E-state index contributed by atoms with van der Waals surface area (Å²) in [5, 5.41) is 37.7. The van der Waals surface area contributed by atoms with E-state index in [0.29, 0.717) is 29.0 Å². The van der Waals surface area contributed by atoms with Gasteiger partial charge in [-0.1, -0.05) is 29.2 Å². The van der Waals surface area contributed by atoms with Crippen LogP contribution in [0, 0.1) is 0 Å². The summed E-state index contributed by atoms with van der Waals surface area (Å²) >= 11 is 5.99. The number of anilines is 2. The van der Waals surface area contributed by atoms with E-state index in [9.17, 15) is 0 Å². The summed E-state index contributed by atoms with van der Waals surface area (Å²) < 4.78 is 10.9. The van der Waals surface area contributed by atoms with Gasteiger partial charge in [-0.3, -0.25) is 10.2 Å². The van der Waals surface area contributed by atoms with Crippen molar-refractivity contribution < 1.29 is 8.83 Å². The summed E-state index contributed by atoms with van der Waals surface area (Å²) in [5.74, 6) is 0.953. The van der Waals surface area contributed by atoms with Crippen molar-refractivity contribution in [2.24, 2.45) is 0 Å². The Morgan fingerprint density at radius 2 is 1.47 bits per heavy atom. The van der Waals surface area contributed by atoms with Gasteiger partial charge in [0.05, 0.1) is 17.2 Å². The van der Waals surface area contributed by atoms with Gasteiger partial charge in [-0.15, -0.1) is 10.2 Å². The molecule has 4 heterocycles. The smallest absolute Gasteiger partial charge is 0.315 e. The van der Waals surface area contributed by atoms with Crippen molar-refractivity contribution >= 4 is 45.4 Å². The largest absolute Gasteiger partial charge is 0.403 e. The highest BCUT2D eigenvalue weighted by Gasteiger charge is 2.11. The Hall–Kier alpha value is -4.45. The van der Waals surface area contributed by atoms with Gasteiger partial charge in [0.15, 0.2) is 0 Å². The second-order valence-electron chi connectivity index (χ2n) is 7.33. The molecule has 6 aromatic rings. The number of H-pyrrole nitrogens is 2. The first kappa shape index (κ1) is 24.7. The minimum absolute atomic E-state index is 0. The quantitative estimate of drug-likeness (QED) is 0.230. The van der Waals surface area contributed by atoms with E-state index in [4.69, 9.17) is 20.4 Å². The number of aromatic amines is 2. The van der Waals surface area contributed by atoms with Crippen LogP contribution in [-0.2, 0) is 0 Å².